The molecule has 31 heavy (non-hydrogen) atoms. The van der Waals surface area contributed by atoms with Crippen LogP contribution in [0.15, 0.2) is 72.8 Å². The third-order valence-corrected chi connectivity index (χ3v) is 4.56. The number of rotatable bonds is 8. The molecule has 3 aromatic carbocycles. The van der Waals surface area contributed by atoms with Crippen LogP contribution in [-0.2, 0) is 4.79 Å². The Morgan fingerprint density at radius 1 is 0.968 bits per heavy atom. The maximum atomic E-state index is 12.9. The molecule has 0 unspecified atom stereocenters. The SMILES string of the molecule is COc1cc(C(=O)N[C@@H](C)c2ccccc2)ccc1OCC(=O)Nc1ccc(F)cc1. The van der Waals surface area contributed by atoms with E-state index in [0.29, 0.717) is 22.7 Å². The summed E-state index contributed by atoms with van der Waals surface area (Å²) in [4.78, 5) is 24.7. The minimum Gasteiger partial charge on any atom is -0.493 e. The highest BCUT2D eigenvalue weighted by Crippen LogP contribution is 2.28. The molecular weight excluding hydrogens is 399 g/mol. The van der Waals surface area contributed by atoms with Crippen LogP contribution in [0.5, 0.6) is 11.5 Å². The summed E-state index contributed by atoms with van der Waals surface area (Å²) in [6.07, 6.45) is 0. The lowest BCUT2D eigenvalue weighted by atomic mass is 10.1. The second-order valence-electron chi connectivity index (χ2n) is 6.82. The van der Waals surface area contributed by atoms with E-state index >= 15 is 0 Å². The van der Waals surface area contributed by atoms with Crippen molar-refractivity contribution in [2.75, 3.05) is 19.0 Å². The van der Waals surface area contributed by atoms with Crippen LogP contribution in [0.2, 0.25) is 0 Å². The van der Waals surface area contributed by atoms with Gasteiger partial charge in [0.25, 0.3) is 11.8 Å². The van der Waals surface area contributed by atoms with Crippen LogP contribution in [0.25, 0.3) is 0 Å². The molecule has 3 rings (SSSR count). The Balaban J connectivity index is 1.60. The van der Waals surface area contributed by atoms with Crippen LogP contribution in [-0.4, -0.2) is 25.5 Å². The first kappa shape index (κ1) is 21.8. The van der Waals surface area contributed by atoms with Crippen LogP contribution < -0.4 is 20.1 Å². The first-order valence-electron chi connectivity index (χ1n) is 9.68. The normalized spacial score (nSPS) is 11.3. The Morgan fingerprint density at radius 3 is 2.35 bits per heavy atom. The molecule has 160 valence electrons. The van der Waals surface area contributed by atoms with E-state index in [0.717, 1.165) is 5.56 Å². The van der Waals surface area contributed by atoms with Crippen molar-refractivity contribution in [3.8, 4) is 11.5 Å². The zero-order valence-electron chi connectivity index (χ0n) is 17.2. The number of carbonyl (C=O) groups excluding carboxylic acids is 2. The van der Waals surface area contributed by atoms with Crippen LogP contribution in [0.3, 0.4) is 0 Å². The van der Waals surface area contributed by atoms with E-state index in [1.54, 1.807) is 18.2 Å². The molecule has 0 spiro atoms. The molecule has 0 aliphatic carbocycles. The Kier molecular flexibility index (Phi) is 7.22. The maximum Gasteiger partial charge on any atom is 0.262 e. The topological polar surface area (TPSA) is 76.7 Å². The van der Waals surface area contributed by atoms with Gasteiger partial charge in [0, 0.05) is 11.3 Å². The summed E-state index contributed by atoms with van der Waals surface area (Å²) < 4.78 is 23.8. The van der Waals surface area contributed by atoms with Gasteiger partial charge in [-0.25, -0.2) is 4.39 Å². The average molecular weight is 422 g/mol. The van der Waals surface area contributed by atoms with E-state index in [9.17, 15) is 14.0 Å². The van der Waals surface area contributed by atoms with Crippen molar-refractivity contribution in [1.82, 2.24) is 5.32 Å². The zero-order valence-corrected chi connectivity index (χ0v) is 17.2. The molecule has 0 saturated carbocycles. The zero-order chi connectivity index (χ0) is 22.2. The molecule has 7 heteroatoms. The fourth-order valence-corrected chi connectivity index (χ4v) is 2.91. The predicted molar refractivity (Wildman–Crippen MR) is 116 cm³/mol. The molecule has 1 atom stereocenters. The second-order valence-corrected chi connectivity index (χ2v) is 6.82. The first-order chi connectivity index (χ1) is 15.0. The number of anilines is 1. The highest BCUT2D eigenvalue weighted by molar-refractivity contribution is 5.95. The molecule has 0 radical (unpaired) electrons. The van der Waals surface area contributed by atoms with Crippen molar-refractivity contribution >= 4 is 17.5 Å². The van der Waals surface area contributed by atoms with Crippen molar-refractivity contribution in [3.63, 3.8) is 0 Å². The Labute approximate surface area is 180 Å². The molecule has 0 fully saturated rings. The van der Waals surface area contributed by atoms with Crippen molar-refractivity contribution in [2.24, 2.45) is 0 Å². The van der Waals surface area contributed by atoms with Gasteiger partial charge in [-0.2, -0.15) is 0 Å². The van der Waals surface area contributed by atoms with E-state index in [1.807, 2.05) is 37.3 Å². The molecule has 2 amide bonds. The highest BCUT2D eigenvalue weighted by atomic mass is 19.1. The number of carbonyl (C=O) groups is 2. The summed E-state index contributed by atoms with van der Waals surface area (Å²) in [6.45, 7) is 1.63. The quantitative estimate of drug-likeness (QED) is 0.566. The first-order valence-corrected chi connectivity index (χ1v) is 9.68. The summed E-state index contributed by atoms with van der Waals surface area (Å²) in [6, 6.07) is 19.6. The number of hydrogen-bond donors (Lipinski definition) is 2. The number of ether oxygens (including phenoxy) is 2. The van der Waals surface area contributed by atoms with Gasteiger partial charge in [0.05, 0.1) is 13.2 Å². The molecule has 6 nitrogen and oxygen atoms in total. The monoisotopic (exact) mass is 422 g/mol. The summed E-state index contributed by atoms with van der Waals surface area (Å²) in [5, 5.41) is 5.55. The largest absolute Gasteiger partial charge is 0.493 e. The van der Waals surface area contributed by atoms with Crippen molar-refractivity contribution in [1.29, 1.82) is 0 Å². The standard InChI is InChI=1S/C24H23FN2O4/c1-16(17-6-4-3-5-7-17)26-24(29)18-8-13-21(22(14-18)30-2)31-15-23(28)27-20-11-9-19(25)10-12-20/h3-14,16H,15H2,1-2H3,(H,26,29)(H,27,28)/t16-/m0/s1. The molecular formula is C24H23FN2O4. The number of methoxy groups -OCH3 is 1. The fourth-order valence-electron chi connectivity index (χ4n) is 2.91. The average Bonchev–Trinajstić information content (AvgIpc) is 2.79. The van der Waals surface area contributed by atoms with E-state index < -0.39 is 5.91 Å². The van der Waals surface area contributed by atoms with Crippen molar-refractivity contribution < 1.29 is 23.5 Å². The minimum absolute atomic E-state index is 0.161. The molecule has 0 heterocycles. The van der Waals surface area contributed by atoms with Crippen LogP contribution in [0, 0.1) is 5.82 Å². The summed E-state index contributed by atoms with van der Waals surface area (Å²) >= 11 is 0. The van der Waals surface area contributed by atoms with Crippen molar-refractivity contribution in [2.45, 2.75) is 13.0 Å². The molecule has 0 aliphatic rings. The van der Waals surface area contributed by atoms with Gasteiger partial charge >= 0.3 is 0 Å². The lowest BCUT2D eigenvalue weighted by Crippen LogP contribution is -2.26. The minimum atomic E-state index is -0.410. The van der Waals surface area contributed by atoms with E-state index in [2.05, 4.69) is 10.6 Å². The third-order valence-electron chi connectivity index (χ3n) is 4.56. The van der Waals surface area contributed by atoms with E-state index in [1.165, 1.54) is 31.4 Å². The Hall–Kier alpha value is -3.87. The summed E-state index contributed by atoms with van der Waals surface area (Å²) in [5.74, 6) is -0.400. The van der Waals surface area contributed by atoms with Gasteiger partial charge in [0.2, 0.25) is 0 Å². The van der Waals surface area contributed by atoms with E-state index in [-0.39, 0.29) is 24.4 Å². The van der Waals surface area contributed by atoms with Gasteiger partial charge in [-0.1, -0.05) is 30.3 Å². The number of halogens is 1. The van der Waals surface area contributed by atoms with Gasteiger partial charge in [0.1, 0.15) is 5.82 Å². The van der Waals surface area contributed by atoms with Gasteiger partial charge in [-0.05, 0) is 55.0 Å². The second kappa shape index (κ2) is 10.2. The maximum absolute atomic E-state index is 12.9. The summed E-state index contributed by atoms with van der Waals surface area (Å²) in [7, 11) is 1.45. The lowest BCUT2D eigenvalue weighted by molar-refractivity contribution is -0.118. The number of hydrogen-bond acceptors (Lipinski definition) is 4. The van der Waals surface area contributed by atoms with Gasteiger partial charge < -0.3 is 20.1 Å². The van der Waals surface area contributed by atoms with E-state index in [4.69, 9.17) is 9.47 Å². The molecule has 0 aliphatic heterocycles. The molecule has 0 saturated heterocycles. The molecule has 0 aromatic heterocycles. The number of nitrogens with one attached hydrogen (secondary N) is 2. The molecule has 3 aromatic rings. The highest BCUT2D eigenvalue weighted by Gasteiger charge is 2.15. The third kappa shape index (κ3) is 6.05. The van der Waals surface area contributed by atoms with Gasteiger partial charge in [-0.15, -0.1) is 0 Å². The molecule has 2 N–H and O–H groups in total. The molecule has 0 bridgehead atoms. The number of amides is 2. The van der Waals surface area contributed by atoms with Gasteiger partial charge in [-0.3, -0.25) is 9.59 Å². The summed E-state index contributed by atoms with van der Waals surface area (Å²) in [5.41, 5.74) is 1.86. The van der Waals surface area contributed by atoms with Crippen LogP contribution in [0.4, 0.5) is 10.1 Å². The Bertz CT molecular complexity index is 1040. The van der Waals surface area contributed by atoms with Gasteiger partial charge in [0.15, 0.2) is 18.1 Å². The van der Waals surface area contributed by atoms with Crippen LogP contribution >= 0.6 is 0 Å². The smallest absolute Gasteiger partial charge is 0.262 e. The Morgan fingerprint density at radius 2 is 1.68 bits per heavy atom. The lowest BCUT2D eigenvalue weighted by Gasteiger charge is -2.16. The number of benzene rings is 3. The van der Waals surface area contributed by atoms with Crippen molar-refractivity contribution in [3.05, 3.63) is 89.7 Å². The fraction of sp³-hybridized carbons (Fsp3) is 0.167. The van der Waals surface area contributed by atoms with Crippen LogP contribution in [0.1, 0.15) is 28.9 Å². The predicted octanol–water partition coefficient (Wildman–Crippen LogP) is 4.34.